The summed E-state index contributed by atoms with van der Waals surface area (Å²) in [5, 5.41) is 7.55. The highest BCUT2D eigenvalue weighted by atomic mass is 19.3. The summed E-state index contributed by atoms with van der Waals surface area (Å²) < 4.78 is 25.7. The predicted molar refractivity (Wildman–Crippen MR) is 52.8 cm³/mol. The molecule has 0 atom stereocenters. The number of anilines is 2. The fraction of sp³-hybridized carbons (Fsp3) is 0.556. The van der Waals surface area contributed by atoms with Gasteiger partial charge in [0.15, 0.2) is 5.82 Å². The van der Waals surface area contributed by atoms with Gasteiger partial charge in [-0.25, -0.2) is 8.78 Å². The van der Waals surface area contributed by atoms with E-state index in [0.29, 0.717) is 24.7 Å². The zero-order valence-corrected chi connectivity index (χ0v) is 8.16. The lowest BCUT2D eigenvalue weighted by atomic mass is 10.1. The zero-order valence-electron chi connectivity index (χ0n) is 8.16. The molecule has 6 heteroatoms. The van der Waals surface area contributed by atoms with E-state index < -0.39 is 5.92 Å². The average Bonchev–Trinajstić information content (AvgIpc) is 2.20. The van der Waals surface area contributed by atoms with Crippen LogP contribution in [0.25, 0.3) is 0 Å². The van der Waals surface area contributed by atoms with Gasteiger partial charge in [-0.2, -0.15) is 0 Å². The molecule has 0 radical (unpaired) electrons. The van der Waals surface area contributed by atoms with Gasteiger partial charge in [0.05, 0.1) is 0 Å². The van der Waals surface area contributed by atoms with Gasteiger partial charge in [0.2, 0.25) is 0 Å². The topological polar surface area (TPSA) is 55.0 Å². The fourth-order valence-electron chi connectivity index (χ4n) is 1.57. The Kier molecular flexibility index (Phi) is 2.42. The average molecular weight is 214 g/mol. The van der Waals surface area contributed by atoms with Crippen LogP contribution in [0, 0.1) is 0 Å². The Morgan fingerprint density at radius 2 is 1.87 bits per heavy atom. The molecule has 1 aliphatic rings. The molecule has 4 nitrogen and oxygen atoms in total. The number of hydrogen-bond donors (Lipinski definition) is 1. The lowest BCUT2D eigenvalue weighted by molar-refractivity contribution is -0.0221. The van der Waals surface area contributed by atoms with Gasteiger partial charge in [0.25, 0.3) is 5.92 Å². The Bertz CT molecular complexity index is 328. The Morgan fingerprint density at radius 3 is 2.40 bits per heavy atom. The molecule has 15 heavy (non-hydrogen) atoms. The first-order valence-electron chi connectivity index (χ1n) is 4.79. The summed E-state index contributed by atoms with van der Waals surface area (Å²) in [5.74, 6) is -1.58. The maximum absolute atomic E-state index is 12.9. The molecule has 1 aromatic rings. The minimum Gasteiger partial charge on any atom is -0.382 e. The molecule has 0 aliphatic carbocycles. The normalized spacial score (nSPS) is 20.3. The molecule has 1 aliphatic heterocycles. The van der Waals surface area contributed by atoms with Crippen molar-refractivity contribution in [3.8, 4) is 0 Å². The van der Waals surface area contributed by atoms with Gasteiger partial charge in [-0.3, -0.25) is 0 Å². The lowest BCUT2D eigenvalue weighted by Gasteiger charge is -2.32. The number of hydrogen-bond acceptors (Lipinski definition) is 4. The third-order valence-corrected chi connectivity index (χ3v) is 2.49. The van der Waals surface area contributed by atoms with Crippen molar-refractivity contribution in [2.75, 3.05) is 23.7 Å². The molecule has 2 rings (SSSR count). The van der Waals surface area contributed by atoms with Gasteiger partial charge in [-0.05, 0) is 12.1 Å². The number of nitrogens with zero attached hydrogens (tertiary/aromatic N) is 3. The van der Waals surface area contributed by atoms with Crippen LogP contribution in [-0.2, 0) is 0 Å². The van der Waals surface area contributed by atoms with Crippen molar-refractivity contribution in [2.24, 2.45) is 0 Å². The monoisotopic (exact) mass is 214 g/mol. The van der Waals surface area contributed by atoms with Gasteiger partial charge >= 0.3 is 0 Å². The molecule has 0 unspecified atom stereocenters. The molecule has 1 fully saturated rings. The molecule has 0 amide bonds. The van der Waals surface area contributed by atoms with E-state index in [4.69, 9.17) is 5.73 Å². The maximum atomic E-state index is 12.9. The number of aromatic nitrogens is 2. The summed E-state index contributed by atoms with van der Waals surface area (Å²) in [6.07, 6.45) is -0.252. The van der Waals surface area contributed by atoms with Crippen LogP contribution in [0.5, 0.6) is 0 Å². The van der Waals surface area contributed by atoms with Crippen molar-refractivity contribution in [1.82, 2.24) is 10.2 Å². The number of alkyl halides is 2. The maximum Gasteiger partial charge on any atom is 0.251 e. The quantitative estimate of drug-likeness (QED) is 0.765. The highest BCUT2D eigenvalue weighted by molar-refractivity contribution is 5.41. The van der Waals surface area contributed by atoms with Crippen LogP contribution < -0.4 is 10.6 Å². The second-order valence-electron chi connectivity index (χ2n) is 3.66. The van der Waals surface area contributed by atoms with Crippen molar-refractivity contribution in [1.29, 1.82) is 0 Å². The summed E-state index contributed by atoms with van der Waals surface area (Å²) >= 11 is 0. The van der Waals surface area contributed by atoms with Crippen molar-refractivity contribution in [3.63, 3.8) is 0 Å². The second-order valence-corrected chi connectivity index (χ2v) is 3.66. The summed E-state index contributed by atoms with van der Waals surface area (Å²) in [5.41, 5.74) is 5.39. The van der Waals surface area contributed by atoms with Crippen molar-refractivity contribution in [3.05, 3.63) is 12.1 Å². The van der Waals surface area contributed by atoms with Gasteiger partial charge < -0.3 is 10.6 Å². The van der Waals surface area contributed by atoms with Crippen LogP contribution in [0.2, 0.25) is 0 Å². The standard InChI is InChI=1S/C9H12F2N4/c10-9(11)3-5-15(6-4-9)8-2-1-7(12)13-14-8/h1-2H,3-6H2,(H2,12,13). The molecule has 0 aromatic carbocycles. The van der Waals surface area contributed by atoms with Crippen LogP contribution in [0.4, 0.5) is 20.4 Å². The Hall–Kier alpha value is -1.46. The van der Waals surface area contributed by atoms with E-state index in [2.05, 4.69) is 10.2 Å². The minimum atomic E-state index is -2.53. The van der Waals surface area contributed by atoms with Crippen LogP contribution in [0.3, 0.4) is 0 Å². The third-order valence-electron chi connectivity index (χ3n) is 2.49. The smallest absolute Gasteiger partial charge is 0.251 e. The highest BCUT2D eigenvalue weighted by Gasteiger charge is 2.34. The van der Waals surface area contributed by atoms with E-state index in [9.17, 15) is 8.78 Å². The SMILES string of the molecule is Nc1ccc(N2CCC(F)(F)CC2)nn1. The Balaban J connectivity index is 2.04. The zero-order chi connectivity index (χ0) is 10.9. The first-order chi connectivity index (χ1) is 7.07. The Morgan fingerprint density at radius 1 is 1.20 bits per heavy atom. The summed E-state index contributed by atoms with van der Waals surface area (Å²) in [6, 6.07) is 3.32. The van der Waals surface area contributed by atoms with E-state index in [0.717, 1.165) is 0 Å². The van der Waals surface area contributed by atoms with E-state index >= 15 is 0 Å². The van der Waals surface area contributed by atoms with Gasteiger partial charge in [0.1, 0.15) is 5.82 Å². The molecule has 2 N–H and O–H groups in total. The van der Waals surface area contributed by atoms with E-state index in [-0.39, 0.29) is 12.8 Å². The number of nitrogen functional groups attached to an aromatic ring is 1. The predicted octanol–water partition coefficient (Wildman–Crippen LogP) is 1.29. The van der Waals surface area contributed by atoms with E-state index in [1.165, 1.54) is 0 Å². The van der Waals surface area contributed by atoms with Gasteiger partial charge in [-0.1, -0.05) is 0 Å². The van der Waals surface area contributed by atoms with Crippen LogP contribution in [-0.4, -0.2) is 29.2 Å². The molecule has 2 heterocycles. The van der Waals surface area contributed by atoms with Crippen molar-refractivity contribution in [2.45, 2.75) is 18.8 Å². The van der Waals surface area contributed by atoms with Gasteiger partial charge in [-0.15, -0.1) is 10.2 Å². The van der Waals surface area contributed by atoms with Gasteiger partial charge in [0, 0.05) is 25.9 Å². The molecule has 0 bridgehead atoms. The molecule has 0 spiro atoms. The second kappa shape index (κ2) is 3.60. The largest absolute Gasteiger partial charge is 0.382 e. The van der Waals surface area contributed by atoms with Crippen LogP contribution >= 0.6 is 0 Å². The molecular weight excluding hydrogens is 202 g/mol. The van der Waals surface area contributed by atoms with E-state index in [1.807, 2.05) is 0 Å². The minimum absolute atomic E-state index is 0.126. The number of rotatable bonds is 1. The van der Waals surface area contributed by atoms with Crippen molar-refractivity contribution < 1.29 is 8.78 Å². The molecular formula is C9H12F2N4. The first kappa shape index (κ1) is 10.1. The number of nitrogens with two attached hydrogens (primary N) is 1. The highest BCUT2D eigenvalue weighted by Crippen LogP contribution is 2.29. The Labute approximate surface area is 86.1 Å². The number of halogens is 2. The van der Waals surface area contributed by atoms with Crippen molar-refractivity contribution >= 4 is 11.6 Å². The van der Waals surface area contributed by atoms with Crippen LogP contribution in [0.1, 0.15) is 12.8 Å². The summed E-state index contributed by atoms with van der Waals surface area (Å²) in [6.45, 7) is 0.622. The molecule has 0 saturated carbocycles. The molecule has 1 aromatic heterocycles. The molecule has 82 valence electrons. The van der Waals surface area contributed by atoms with E-state index in [1.54, 1.807) is 17.0 Å². The molecule has 1 saturated heterocycles. The lowest BCUT2D eigenvalue weighted by Crippen LogP contribution is -2.39. The summed E-state index contributed by atoms with van der Waals surface area (Å²) in [7, 11) is 0. The third kappa shape index (κ3) is 2.31. The summed E-state index contributed by atoms with van der Waals surface area (Å²) in [4.78, 5) is 1.80. The first-order valence-corrected chi connectivity index (χ1v) is 4.79. The van der Waals surface area contributed by atoms with Crippen LogP contribution in [0.15, 0.2) is 12.1 Å². The number of piperidine rings is 1. The fourth-order valence-corrected chi connectivity index (χ4v) is 1.57.